The van der Waals surface area contributed by atoms with Crippen LogP contribution in [0.1, 0.15) is 81.9 Å². The number of rotatable bonds is 12. The van der Waals surface area contributed by atoms with E-state index in [9.17, 15) is 4.79 Å². The average molecular weight is 557 g/mol. The van der Waals surface area contributed by atoms with Crippen molar-refractivity contribution >= 4 is 11.5 Å². The summed E-state index contributed by atoms with van der Waals surface area (Å²) in [7, 11) is 1.60. The van der Waals surface area contributed by atoms with E-state index in [1.807, 2.05) is 31.2 Å². The summed E-state index contributed by atoms with van der Waals surface area (Å²) in [5.41, 5.74) is 5.79. The Hall–Kier alpha value is -3.60. The summed E-state index contributed by atoms with van der Waals surface area (Å²) in [5, 5.41) is 0. The van der Waals surface area contributed by atoms with Crippen molar-refractivity contribution in [1.29, 1.82) is 0 Å². The van der Waals surface area contributed by atoms with Gasteiger partial charge in [0.25, 0.3) is 0 Å². The number of halogens is 1. The minimum absolute atomic E-state index is 0.00655. The molecule has 0 amide bonds. The summed E-state index contributed by atoms with van der Waals surface area (Å²) in [4.78, 5) is 12.3. The van der Waals surface area contributed by atoms with Crippen molar-refractivity contribution in [2.75, 3.05) is 13.7 Å². The van der Waals surface area contributed by atoms with Crippen LogP contribution in [0.4, 0.5) is 4.39 Å². The first-order valence-electron chi connectivity index (χ1n) is 14.8. The second-order valence-electron chi connectivity index (χ2n) is 12.0. The number of esters is 1. The summed E-state index contributed by atoms with van der Waals surface area (Å²) < 4.78 is 32.1. The number of ether oxygens (including phenoxy) is 3. The minimum atomic E-state index is -0.271. The fourth-order valence-corrected chi connectivity index (χ4v) is 5.98. The van der Waals surface area contributed by atoms with Gasteiger partial charge in [0.05, 0.1) is 20.1 Å². The SMILES string of the molecule is CCOC(=O)C[C@H](CC1CC1)c1cccc(OCc2ccc(-c3cc(OC)ccc3F)c(C3=CCCC3(C)C)c2)c1. The molecule has 1 fully saturated rings. The first-order chi connectivity index (χ1) is 19.8. The van der Waals surface area contributed by atoms with Crippen molar-refractivity contribution in [3.63, 3.8) is 0 Å². The maximum atomic E-state index is 15.1. The summed E-state index contributed by atoms with van der Waals surface area (Å²) in [6.07, 6.45) is 8.21. The molecule has 0 bridgehead atoms. The van der Waals surface area contributed by atoms with Crippen molar-refractivity contribution < 1.29 is 23.4 Å². The zero-order valence-electron chi connectivity index (χ0n) is 24.7. The quantitative estimate of drug-likeness (QED) is 0.209. The van der Waals surface area contributed by atoms with Crippen LogP contribution in [-0.4, -0.2) is 19.7 Å². The van der Waals surface area contributed by atoms with Gasteiger partial charge in [0, 0.05) is 5.56 Å². The Balaban J connectivity index is 1.40. The zero-order chi connectivity index (χ0) is 29.0. The highest BCUT2D eigenvalue weighted by atomic mass is 19.1. The topological polar surface area (TPSA) is 44.8 Å². The third kappa shape index (κ3) is 7.01. The molecule has 0 radical (unpaired) electrons. The van der Waals surface area contributed by atoms with Gasteiger partial charge in [-0.15, -0.1) is 0 Å². The number of methoxy groups -OCH3 is 1. The van der Waals surface area contributed by atoms with E-state index in [4.69, 9.17) is 14.2 Å². The Morgan fingerprint density at radius 1 is 1.00 bits per heavy atom. The normalized spacial score (nSPS) is 16.7. The molecule has 0 aromatic heterocycles. The monoisotopic (exact) mass is 556 g/mol. The lowest BCUT2D eigenvalue weighted by Crippen LogP contribution is -2.11. The summed E-state index contributed by atoms with van der Waals surface area (Å²) in [5.74, 6) is 1.81. The van der Waals surface area contributed by atoms with E-state index in [1.165, 1.54) is 24.5 Å². The lowest BCUT2D eigenvalue weighted by Gasteiger charge is -2.25. The van der Waals surface area contributed by atoms with Crippen molar-refractivity contribution in [1.82, 2.24) is 0 Å². The van der Waals surface area contributed by atoms with Crippen LogP contribution >= 0.6 is 0 Å². The molecule has 0 spiro atoms. The van der Waals surface area contributed by atoms with Gasteiger partial charge < -0.3 is 14.2 Å². The molecule has 0 N–H and O–H groups in total. The Morgan fingerprint density at radius 3 is 2.54 bits per heavy atom. The van der Waals surface area contributed by atoms with Crippen LogP contribution in [-0.2, 0) is 16.1 Å². The molecule has 0 unspecified atom stereocenters. The zero-order valence-corrected chi connectivity index (χ0v) is 24.7. The number of carbonyl (C=O) groups is 1. The molecule has 3 aromatic rings. The Kier molecular flexibility index (Phi) is 8.82. The third-order valence-electron chi connectivity index (χ3n) is 8.45. The first kappa shape index (κ1) is 28.9. The highest BCUT2D eigenvalue weighted by Crippen LogP contribution is 2.47. The number of benzene rings is 3. The van der Waals surface area contributed by atoms with E-state index >= 15 is 4.39 Å². The Morgan fingerprint density at radius 2 is 1.83 bits per heavy atom. The first-order valence-corrected chi connectivity index (χ1v) is 14.8. The van der Waals surface area contributed by atoms with Crippen molar-refractivity contribution in [3.05, 3.63) is 89.2 Å². The van der Waals surface area contributed by atoms with Gasteiger partial charge in [0.1, 0.15) is 23.9 Å². The summed E-state index contributed by atoms with van der Waals surface area (Å²) in [6.45, 7) is 7.13. The molecule has 1 atom stereocenters. The molecule has 5 rings (SSSR count). The van der Waals surface area contributed by atoms with E-state index in [1.54, 1.807) is 19.2 Å². The average Bonchev–Trinajstić information content (AvgIpc) is 3.71. The molecule has 4 nitrogen and oxygen atoms in total. The maximum absolute atomic E-state index is 15.1. The smallest absolute Gasteiger partial charge is 0.306 e. The van der Waals surface area contributed by atoms with E-state index in [-0.39, 0.29) is 23.1 Å². The van der Waals surface area contributed by atoms with Crippen LogP contribution in [0.5, 0.6) is 11.5 Å². The maximum Gasteiger partial charge on any atom is 0.306 e. The Labute approximate surface area is 243 Å². The molecule has 41 heavy (non-hydrogen) atoms. The van der Waals surface area contributed by atoms with Crippen molar-refractivity contribution in [2.45, 2.75) is 71.8 Å². The Bertz CT molecular complexity index is 1420. The van der Waals surface area contributed by atoms with Crippen LogP contribution in [0.15, 0.2) is 66.7 Å². The molecule has 2 aliphatic carbocycles. The number of hydrogen-bond donors (Lipinski definition) is 0. The molecule has 2 aliphatic rings. The molecular weight excluding hydrogens is 515 g/mol. The fourth-order valence-electron chi connectivity index (χ4n) is 5.98. The molecular formula is C36H41FO4. The van der Waals surface area contributed by atoms with Crippen LogP contribution in [0, 0.1) is 17.2 Å². The van der Waals surface area contributed by atoms with Crippen LogP contribution < -0.4 is 9.47 Å². The molecule has 0 saturated heterocycles. The van der Waals surface area contributed by atoms with Crippen molar-refractivity contribution in [2.24, 2.45) is 11.3 Å². The molecule has 216 valence electrons. The third-order valence-corrected chi connectivity index (χ3v) is 8.45. The predicted molar refractivity (Wildman–Crippen MR) is 161 cm³/mol. The van der Waals surface area contributed by atoms with E-state index in [0.29, 0.717) is 36.9 Å². The molecule has 0 aliphatic heterocycles. The standard InChI is InChI=1S/C36H41FO4/c1-5-40-35(38)21-27(18-24-11-12-24)26-8-6-9-29(20-26)41-23-25-13-15-30(32-22-28(39-4)14-16-34(32)37)31(19-25)33-10-7-17-36(33,2)3/h6,8-10,13-16,19-20,22,24,27H,5,7,11-12,17-18,21,23H2,1-4H3/t27-/m0/s1. The molecule has 1 saturated carbocycles. The van der Waals surface area contributed by atoms with Crippen molar-refractivity contribution in [3.8, 4) is 22.6 Å². The lowest BCUT2D eigenvalue weighted by atomic mass is 9.79. The van der Waals surface area contributed by atoms with Gasteiger partial charge in [-0.1, -0.05) is 57.0 Å². The van der Waals surface area contributed by atoms with Crippen LogP contribution in [0.25, 0.3) is 16.7 Å². The number of carbonyl (C=O) groups excluding carboxylic acids is 1. The van der Waals surface area contributed by atoms with E-state index < -0.39 is 0 Å². The van der Waals surface area contributed by atoms with Crippen LogP contribution in [0.2, 0.25) is 0 Å². The summed E-state index contributed by atoms with van der Waals surface area (Å²) in [6, 6.07) is 19.2. The van der Waals surface area contributed by atoms with Gasteiger partial charge in [-0.25, -0.2) is 4.39 Å². The van der Waals surface area contributed by atoms with Gasteiger partial charge >= 0.3 is 5.97 Å². The van der Waals surface area contributed by atoms with Gasteiger partial charge in [0.15, 0.2) is 0 Å². The van der Waals surface area contributed by atoms with Crippen LogP contribution in [0.3, 0.4) is 0 Å². The van der Waals surface area contributed by atoms with Gasteiger partial charge in [-0.2, -0.15) is 0 Å². The largest absolute Gasteiger partial charge is 0.497 e. The van der Waals surface area contributed by atoms with Gasteiger partial charge in [-0.3, -0.25) is 4.79 Å². The fraction of sp³-hybridized carbons (Fsp3) is 0.417. The highest BCUT2D eigenvalue weighted by Gasteiger charge is 2.31. The van der Waals surface area contributed by atoms with Gasteiger partial charge in [-0.05, 0) is 108 Å². The van der Waals surface area contributed by atoms with Gasteiger partial charge in [0.2, 0.25) is 0 Å². The summed E-state index contributed by atoms with van der Waals surface area (Å²) >= 11 is 0. The molecule has 3 aromatic carbocycles. The number of hydrogen-bond acceptors (Lipinski definition) is 4. The second-order valence-corrected chi connectivity index (χ2v) is 12.0. The second kappa shape index (κ2) is 12.5. The lowest BCUT2D eigenvalue weighted by molar-refractivity contribution is -0.143. The molecule has 5 heteroatoms. The minimum Gasteiger partial charge on any atom is -0.497 e. The van der Waals surface area contributed by atoms with E-state index in [0.717, 1.165) is 47.3 Å². The number of allylic oxidation sites excluding steroid dienone is 2. The highest BCUT2D eigenvalue weighted by molar-refractivity contribution is 5.85. The van der Waals surface area contributed by atoms with E-state index in [2.05, 4.69) is 38.1 Å². The molecule has 0 heterocycles. The predicted octanol–water partition coefficient (Wildman–Crippen LogP) is 9.12.